The molecule has 0 N–H and O–H groups in total. The van der Waals surface area contributed by atoms with E-state index in [1.807, 2.05) is 13.8 Å². The zero-order valence-corrected chi connectivity index (χ0v) is 16.5. The molecule has 132 valence electrons. The molecule has 0 atom stereocenters. The summed E-state index contributed by atoms with van der Waals surface area (Å²) in [7, 11) is 0. The summed E-state index contributed by atoms with van der Waals surface area (Å²) in [5, 5.41) is 38.6. The summed E-state index contributed by atoms with van der Waals surface area (Å²) in [6.07, 6.45) is 3.64. The quantitative estimate of drug-likeness (QED) is 0.365. The summed E-state index contributed by atoms with van der Waals surface area (Å²) in [5.41, 5.74) is 0. The van der Waals surface area contributed by atoms with Gasteiger partial charge in [-0.25, -0.2) is 0 Å². The van der Waals surface area contributed by atoms with Gasteiger partial charge in [-0.2, -0.15) is 0 Å². The minimum atomic E-state index is -0.187. The largest absolute Gasteiger partial charge is 4.00 e. The van der Waals surface area contributed by atoms with Crippen LogP contribution in [-0.2, 0) is 31.3 Å². The SMILES string of the molecule is CC(=O)/C=C(/C)[O-].CC(=O)/C=C(/C)[O-].CCC[O-].CCC[O-].[Ti+4]. The third-order valence-electron chi connectivity index (χ3n) is 1.22. The summed E-state index contributed by atoms with van der Waals surface area (Å²) in [4.78, 5) is 20.0. The Balaban J connectivity index is -0.0000000639. The molecular weight excluding hydrogens is 336 g/mol. The Labute approximate surface area is 154 Å². The van der Waals surface area contributed by atoms with Gasteiger partial charge in [0.2, 0.25) is 0 Å². The second-order valence-corrected chi connectivity index (χ2v) is 4.14. The number of allylic oxidation sites excluding steroid dienone is 4. The van der Waals surface area contributed by atoms with E-state index < -0.39 is 0 Å². The maximum Gasteiger partial charge on any atom is 4.00 e. The molecule has 0 amide bonds. The van der Waals surface area contributed by atoms with E-state index in [4.69, 9.17) is 0 Å². The Bertz CT molecular complexity index is 281. The fourth-order valence-corrected chi connectivity index (χ4v) is 0.572. The molecule has 0 saturated carbocycles. The van der Waals surface area contributed by atoms with E-state index >= 15 is 0 Å². The average molecular weight is 364 g/mol. The van der Waals surface area contributed by atoms with Crippen molar-refractivity contribution in [3.8, 4) is 0 Å². The molecule has 6 nitrogen and oxygen atoms in total. The van der Waals surface area contributed by atoms with Gasteiger partial charge in [0.25, 0.3) is 0 Å². The number of rotatable bonds is 4. The molecule has 0 heterocycles. The van der Waals surface area contributed by atoms with Crippen LogP contribution in [0.2, 0.25) is 0 Å². The van der Waals surface area contributed by atoms with Crippen LogP contribution in [0.3, 0.4) is 0 Å². The molecule has 7 heteroatoms. The summed E-state index contributed by atoms with van der Waals surface area (Å²) < 4.78 is 0. The van der Waals surface area contributed by atoms with Crippen LogP contribution >= 0.6 is 0 Å². The van der Waals surface area contributed by atoms with Crippen LogP contribution in [0, 0.1) is 0 Å². The van der Waals surface area contributed by atoms with Crippen LogP contribution in [0.15, 0.2) is 23.7 Å². The molecule has 0 rings (SSSR count). The van der Waals surface area contributed by atoms with Crippen LogP contribution in [0.4, 0.5) is 0 Å². The topological polar surface area (TPSA) is 126 Å². The normalized spacial score (nSPS) is 9.57. The van der Waals surface area contributed by atoms with Gasteiger partial charge in [-0.15, -0.1) is 24.7 Å². The van der Waals surface area contributed by atoms with Crippen molar-refractivity contribution in [1.29, 1.82) is 0 Å². The Morgan fingerprint density at radius 3 is 0.913 bits per heavy atom. The van der Waals surface area contributed by atoms with Crippen molar-refractivity contribution in [1.82, 2.24) is 0 Å². The molecule has 0 aliphatic rings. The number of hydrogen-bond donors (Lipinski definition) is 0. The molecule has 0 radical (unpaired) electrons. The summed E-state index contributed by atoms with van der Waals surface area (Å²) in [6.45, 7) is 9.27. The van der Waals surface area contributed by atoms with Crippen molar-refractivity contribution in [3.63, 3.8) is 0 Å². The molecule has 0 fully saturated rings. The standard InChI is InChI=1S/2C5H8O2.2C3H7O.Ti/c2*1-4(6)3-5(2)7;2*1-2-3-4;/h2*3,6H,1-2H3;2*2-3H2,1H3;/q;;2*-1;+4/p-2/b2*4-3-;;;. The monoisotopic (exact) mass is 364 g/mol. The van der Waals surface area contributed by atoms with Gasteiger partial charge in [0.05, 0.1) is 0 Å². The fourth-order valence-electron chi connectivity index (χ4n) is 0.572. The van der Waals surface area contributed by atoms with Crippen LogP contribution < -0.4 is 20.4 Å². The van der Waals surface area contributed by atoms with E-state index in [1.54, 1.807) is 0 Å². The first-order chi connectivity index (χ1) is 10.1. The molecular formula is C16H28O6Ti. The molecule has 0 aliphatic carbocycles. The molecule has 0 spiro atoms. The van der Waals surface area contributed by atoms with E-state index in [1.165, 1.54) is 27.7 Å². The van der Waals surface area contributed by atoms with Crippen LogP contribution in [0.5, 0.6) is 0 Å². The second-order valence-electron chi connectivity index (χ2n) is 4.14. The van der Waals surface area contributed by atoms with Crippen LogP contribution in [0.1, 0.15) is 54.4 Å². The Morgan fingerprint density at radius 2 is 0.913 bits per heavy atom. The van der Waals surface area contributed by atoms with Gasteiger partial charge >= 0.3 is 21.7 Å². The Morgan fingerprint density at radius 1 is 0.739 bits per heavy atom. The first-order valence-corrected chi connectivity index (χ1v) is 6.96. The van der Waals surface area contributed by atoms with Gasteiger partial charge in [-0.1, -0.05) is 40.5 Å². The predicted octanol–water partition coefficient (Wildman–Crippen LogP) is -0.810. The number of carbonyl (C=O) groups is 2. The van der Waals surface area contributed by atoms with E-state index in [9.17, 15) is 30.0 Å². The number of ketones is 2. The summed E-state index contributed by atoms with van der Waals surface area (Å²) in [5.74, 6) is -0.750. The molecule has 0 bridgehead atoms. The maximum absolute atomic E-state index is 9.98. The number of hydrogen-bond acceptors (Lipinski definition) is 6. The van der Waals surface area contributed by atoms with Crippen molar-refractivity contribution in [2.45, 2.75) is 54.4 Å². The van der Waals surface area contributed by atoms with Gasteiger partial charge in [-0.05, 0) is 26.0 Å². The average Bonchev–Trinajstić information content (AvgIpc) is 2.36. The first-order valence-electron chi connectivity index (χ1n) is 6.96. The molecule has 0 aromatic heterocycles. The smallest absolute Gasteiger partial charge is 0.876 e. The zero-order valence-electron chi connectivity index (χ0n) is 14.9. The van der Waals surface area contributed by atoms with Gasteiger partial charge in [0, 0.05) is 0 Å². The molecule has 0 aromatic rings. The van der Waals surface area contributed by atoms with Gasteiger partial charge < -0.3 is 20.4 Å². The van der Waals surface area contributed by atoms with E-state index in [0.717, 1.165) is 25.0 Å². The van der Waals surface area contributed by atoms with Crippen molar-refractivity contribution in [2.24, 2.45) is 0 Å². The van der Waals surface area contributed by atoms with Crippen LogP contribution in [-0.4, -0.2) is 24.8 Å². The summed E-state index contributed by atoms with van der Waals surface area (Å²) >= 11 is 0. The van der Waals surface area contributed by atoms with Gasteiger partial charge in [0.15, 0.2) is 11.6 Å². The second kappa shape index (κ2) is 29.1. The number of carbonyl (C=O) groups excluding carboxylic acids is 2. The maximum atomic E-state index is 9.98. The minimum absolute atomic E-state index is 0. The summed E-state index contributed by atoms with van der Waals surface area (Å²) in [6, 6.07) is 0. The van der Waals surface area contributed by atoms with Crippen molar-refractivity contribution in [2.75, 3.05) is 13.2 Å². The van der Waals surface area contributed by atoms with Crippen molar-refractivity contribution in [3.05, 3.63) is 23.7 Å². The van der Waals surface area contributed by atoms with Gasteiger partial charge in [-0.3, -0.25) is 9.59 Å². The predicted molar refractivity (Wildman–Crippen MR) is 79.2 cm³/mol. The Kier molecular flexibility index (Phi) is 42.5. The zero-order chi connectivity index (χ0) is 18.6. The molecule has 23 heavy (non-hydrogen) atoms. The minimum Gasteiger partial charge on any atom is -0.876 e. The van der Waals surface area contributed by atoms with E-state index in [2.05, 4.69) is 0 Å². The fraction of sp³-hybridized carbons (Fsp3) is 0.625. The molecule has 0 aromatic carbocycles. The molecule has 0 unspecified atom stereocenters. The van der Waals surface area contributed by atoms with E-state index in [0.29, 0.717) is 0 Å². The van der Waals surface area contributed by atoms with E-state index in [-0.39, 0.29) is 58.0 Å². The Hall–Kier alpha value is -0.946. The molecule has 0 saturated heterocycles. The van der Waals surface area contributed by atoms with Crippen LogP contribution in [0.25, 0.3) is 0 Å². The van der Waals surface area contributed by atoms with Gasteiger partial charge in [0.1, 0.15) is 0 Å². The first kappa shape index (κ1) is 33.6. The van der Waals surface area contributed by atoms with Crippen molar-refractivity contribution < 1.29 is 51.7 Å². The molecule has 0 aliphatic heterocycles. The third-order valence-corrected chi connectivity index (χ3v) is 1.22. The van der Waals surface area contributed by atoms with Crippen molar-refractivity contribution >= 4 is 11.6 Å². The third kappa shape index (κ3) is 93.2.